The minimum absolute atomic E-state index is 0.0260. The van der Waals surface area contributed by atoms with Crippen molar-refractivity contribution in [3.05, 3.63) is 41.9 Å². The van der Waals surface area contributed by atoms with Crippen LogP contribution in [-0.2, 0) is 16.6 Å². The summed E-state index contributed by atoms with van der Waals surface area (Å²) in [7, 11) is -3.67. The number of aryl methyl sites for hydroxylation is 2. The normalized spacial score (nSPS) is 13.1. The van der Waals surface area contributed by atoms with Gasteiger partial charge in [0.1, 0.15) is 5.82 Å². The van der Waals surface area contributed by atoms with Gasteiger partial charge in [-0.3, -0.25) is 4.72 Å². The van der Waals surface area contributed by atoms with E-state index in [0.29, 0.717) is 18.1 Å². The molecule has 2 rings (SSSR count). The molecule has 2 aromatic rings. The second kappa shape index (κ2) is 5.87. The molecule has 114 valence electrons. The Hall–Kier alpha value is -1.86. The third-order valence-electron chi connectivity index (χ3n) is 3.26. The lowest BCUT2D eigenvalue weighted by Gasteiger charge is -2.08. The molecule has 3 N–H and O–H groups in total. The van der Waals surface area contributed by atoms with Crippen LogP contribution >= 0.6 is 0 Å². The van der Waals surface area contributed by atoms with Gasteiger partial charge in [-0.15, -0.1) is 0 Å². The Morgan fingerprint density at radius 1 is 1.33 bits per heavy atom. The molecular weight excluding hydrogens is 288 g/mol. The van der Waals surface area contributed by atoms with E-state index in [1.807, 2.05) is 13.8 Å². The van der Waals surface area contributed by atoms with Crippen molar-refractivity contribution in [1.82, 2.24) is 9.55 Å². The third-order valence-corrected chi connectivity index (χ3v) is 4.51. The lowest BCUT2D eigenvalue weighted by Crippen LogP contribution is -2.13. The molecule has 0 bridgehead atoms. The zero-order valence-electron chi connectivity index (χ0n) is 12.4. The van der Waals surface area contributed by atoms with Gasteiger partial charge in [-0.2, -0.15) is 8.42 Å². The summed E-state index contributed by atoms with van der Waals surface area (Å²) in [6, 6.07) is 6.91. The molecule has 0 saturated carbocycles. The van der Waals surface area contributed by atoms with Crippen molar-refractivity contribution in [2.75, 3.05) is 4.72 Å². The average Bonchev–Trinajstić information content (AvgIpc) is 2.81. The fourth-order valence-corrected chi connectivity index (χ4v) is 3.06. The van der Waals surface area contributed by atoms with Gasteiger partial charge in [0, 0.05) is 24.5 Å². The van der Waals surface area contributed by atoms with Crippen LogP contribution in [0.2, 0.25) is 0 Å². The number of hydrogen-bond donors (Lipinski definition) is 2. The molecule has 1 aromatic heterocycles. The number of hydrogen-bond acceptors (Lipinski definition) is 4. The molecule has 0 saturated heterocycles. The molecule has 1 heterocycles. The van der Waals surface area contributed by atoms with Crippen molar-refractivity contribution in [3.63, 3.8) is 0 Å². The van der Waals surface area contributed by atoms with Gasteiger partial charge in [-0.05, 0) is 38.5 Å². The van der Waals surface area contributed by atoms with Crippen LogP contribution in [0.3, 0.4) is 0 Å². The molecule has 0 aliphatic heterocycles. The molecule has 0 spiro atoms. The maximum absolute atomic E-state index is 12.3. The van der Waals surface area contributed by atoms with Gasteiger partial charge in [-0.1, -0.05) is 12.1 Å². The number of aromatic nitrogens is 2. The van der Waals surface area contributed by atoms with Crippen LogP contribution < -0.4 is 10.5 Å². The van der Waals surface area contributed by atoms with Crippen LogP contribution in [-0.4, -0.2) is 18.0 Å². The number of anilines is 1. The van der Waals surface area contributed by atoms with Crippen molar-refractivity contribution < 1.29 is 8.42 Å². The minimum atomic E-state index is -3.67. The number of rotatable bonds is 5. The Balaban J connectivity index is 2.24. The van der Waals surface area contributed by atoms with E-state index >= 15 is 0 Å². The molecule has 0 fully saturated rings. The molecular formula is C14H20N4O2S. The van der Waals surface area contributed by atoms with Crippen molar-refractivity contribution in [2.45, 2.75) is 38.4 Å². The topological polar surface area (TPSA) is 90.0 Å². The molecule has 7 heteroatoms. The van der Waals surface area contributed by atoms with Crippen molar-refractivity contribution in [1.29, 1.82) is 0 Å². The summed E-state index contributed by atoms with van der Waals surface area (Å²) in [5.41, 5.74) is 7.20. The van der Waals surface area contributed by atoms with Gasteiger partial charge in [0.15, 0.2) is 5.03 Å². The summed E-state index contributed by atoms with van der Waals surface area (Å²) in [5.74, 6) is 0.671. The maximum atomic E-state index is 12.3. The molecule has 0 amide bonds. The molecule has 0 radical (unpaired) electrons. The summed E-state index contributed by atoms with van der Waals surface area (Å²) in [5, 5.41) is 0.0260. The Kier molecular flexibility index (Phi) is 4.34. The van der Waals surface area contributed by atoms with E-state index in [4.69, 9.17) is 5.73 Å². The first-order chi connectivity index (χ1) is 9.83. The minimum Gasteiger partial charge on any atom is -0.334 e. The molecule has 1 atom stereocenters. The number of benzene rings is 1. The number of nitrogens with zero attached hydrogens (tertiary/aromatic N) is 2. The fraction of sp³-hybridized carbons (Fsp3) is 0.357. The van der Waals surface area contributed by atoms with Gasteiger partial charge in [0.25, 0.3) is 10.0 Å². The van der Waals surface area contributed by atoms with E-state index in [2.05, 4.69) is 9.71 Å². The lowest BCUT2D eigenvalue weighted by atomic mass is 10.1. The summed E-state index contributed by atoms with van der Waals surface area (Å²) in [6.45, 7) is 6.27. The van der Waals surface area contributed by atoms with Gasteiger partial charge in [0.05, 0.1) is 0 Å². The van der Waals surface area contributed by atoms with E-state index in [1.165, 1.54) is 6.20 Å². The second-order valence-corrected chi connectivity index (χ2v) is 6.56. The monoisotopic (exact) mass is 308 g/mol. The molecule has 1 unspecified atom stereocenters. The van der Waals surface area contributed by atoms with Gasteiger partial charge in [-0.25, -0.2) is 4.98 Å². The van der Waals surface area contributed by atoms with Crippen LogP contribution in [0.4, 0.5) is 5.69 Å². The summed E-state index contributed by atoms with van der Waals surface area (Å²) < 4.78 is 28.9. The number of sulfonamides is 1. The lowest BCUT2D eigenvalue weighted by molar-refractivity contribution is 0.598. The van der Waals surface area contributed by atoms with Crippen LogP contribution in [0.5, 0.6) is 0 Å². The number of imidazole rings is 1. The van der Waals surface area contributed by atoms with Gasteiger partial charge >= 0.3 is 0 Å². The van der Waals surface area contributed by atoms with Crippen molar-refractivity contribution in [3.8, 4) is 0 Å². The predicted molar refractivity (Wildman–Crippen MR) is 82.5 cm³/mol. The second-order valence-electron chi connectivity index (χ2n) is 4.93. The Bertz CT molecular complexity index is 718. The van der Waals surface area contributed by atoms with Crippen molar-refractivity contribution in [2.24, 2.45) is 5.73 Å². The van der Waals surface area contributed by atoms with Crippen LogP contribution in [0.25, 0.3) is 0 Å². The van der Waals surface area contributed by atoms with E-state index in [0.717, 1.165) is 5.56 Å². The number of nitrogens with two attached hydrogens (primary N) is 1. The van der Waals surface area contributed by atoms with E-state index in [1.54, 1.807) is 35.8 Å². The third kappa shape index (κ3) is 3.43. The van der Waals surface area contributed by atoms with Crippen LogP contribution in [0, 0.1) is 6.92 Å². The molecule has 1 aromatic carbocycles. The van der Waals surface area contributed by atoms with E-state index in [-0.39, 0.29) is 11.1 Å². The first-order valence-corrected chi connectivity index (χ1v) is 8.24. The molecule has 0 aliphatic rings. The zero-order valence-corrected chi connectivity index (χ0v) is 13.2. The maximum Gasteiger partial charge on any atom is 0.280 e. The van der Waals surface area contributed by atoms with Gasteiger partial charge < -0.3 is 10.3 Å². The Morgan fingerprint density at radius 3 is 2.43 bits per heavy atom. The predicted octanol–water partition coefficient (Wildman–Crippen LogP) is 2.03. The SMILES string of the molecule is CCn1cc(S(=O)(=O)Nc2ccc(C(C)N)cc2)nc1C. The van der Waals surface area contributed by atoms with Crippen molar-refractivity contribution >= 4 is 15.7 Å². The zero-order chi connectivity index (χ0) is 15.6. The quantitative estimate of drug-likeness (QED) is 0.884. The average molecular weight is 308 g/mol. The highest BCUT2D eigenvalue weighted by atomic mass is 32.2. The highest BCUT2D eigenvalue weighted by Gasteiger charge is 2.19. The smallest absolute Gasteiger partial charge is 0.280 e. The molecule has 6 nitrogen and oxygen atoms in total. The first-order valence-electron chi connectivity index (χ1n) is 6.75. The standard InChI is InChI=1S/C14H20N4O2S/c1-4-18-9-14(16-11(18)3)21(19,20)17-13-7-5-12(6-8-13)10(2)15/h5-10,17H,4,15H2,1-3H3. The van der Waals surface area contributed by atoms with Crippen LogP contribution in [0.1, 0.15) is 31.3 Å². The Labute approximate surface area is 125 Å². The highest BCUT2D eigenvalue weighted by Crippen LogP contribution is 2.18. The molecule has 21 heavy (non-hydrogen) atoms. The van der Waals surface area contributed by atoms with Gasteiger partial charge in [0.2, 0.25) is 0 Å². The largest absolute Gasteiger partial charge is 0.334 e. The Morgan fingerprint density at radius 2 is 1.95 bits per heavy atom. The van der Waals surface area contributed by atoms with E-state index < -0.39 is 10.0 Å². The van der Waals surface area contributed by atoms with Crippen LogP contribution in [0.15, 0.2) is 35.5 Å². The molecule has 0 aliphatic carbocycles. The van der Waals surface area contributed by atoms with E-state index in [9.17, 15) is 8.42 Å². The highest BCUT2D eigenvalue weighted by molar-refractivity contribution is 7.92. The number of nitrogens with one attached hydrogen (secondary N) is 1. The summed E-state index contributed by atoms with van der Waals surface area (Å²) in [4.78, 5) is 4.09. The summed E-state index contributed by atoms with van der Waals surface area (Å²) in [6.07, 6.45) is 1.54. The summed E-state index contributed by atoms with van der Waals surface area (Å²) >= 11 is 0. The fourth-order valence-electron chi connectivity index (χ4n) is 1.99. The first kappa shape index (κ1) is 15.5.